The van der Waals surface area contributed by atoms with Crippen LogP contribution in [-0.4, -0.2) is 37.7 Å². The lowest BCUT2D eigenvalue weighted by Crippen LogP contribution is -2.44. The first kappa shape index (κ1) is 13.3. The van der Waals surface area contributed by atoms with Crippen LogP contribution in [0.25, 0.3) is 0 Å². The quantitative estimate of drug-likeness (QED) is 0.843. The van der Waals surface area contributed by atoms with Crippen molar-refractivity contribution in [2.24, 2.45) is 0 Å². The average Bonchev–Trinajstić information content (AvgIpc) is 2.46. The van der Waals surface area contributed by atoms with Crippen molar-refractivity contribution in [2.45, 2.75) is 12.1 Å². The Bertz CT molecular complexity index is 379. The highest BCUT2D eigenvalue weighted by molar-refractivity contribution is 6.18. The number of hydrogen-bond acceptors (Lipinski definition) is 3. The molecule has 1 saturated heterocycles. The number of ether oxygens (including phenoxy) is 2. The Hall–Kier alpha value is -1.10. The van der Waals surface area contributed by atoms with E-state index in [1.807, 2.05) is 30.3 Å². The van der Waals surface area contributed by atoms with Crippen LogP contribution in [0.15, 0.2) is 30.3 Å². The van der Waals surface area contributed by atoms with Gasteiger partial charge in [0.05, 0.1) is 25.9 Å². The van der Waals surface area contributed by atoms with E-state index >= 15 is 0 Å². The number of amides is 1. The molecule has 4 nitrogen and oxygen atoms in total. The van der Waals surface area contributed by atoms with E-state index in [0.29, 0.717) is 25.7 Å². The fourth-order valence-electron chi connectivity index (χ4n) is 1.80. The number of benzene rings is 1. The molecule has 1 aliphatic rings. The first-order chi connectivity index (χ1) is 8.81. The molecule has 1 heterocycles. The van der Waals surface area contributed by atoms with E-state index in [-0.39, 0.29) is 11.9 Å². The van der Waals surface area contributed by atoms with Crippen molar-refractivity contribution in [2.75, 3.05) is 25.7 Å². The van der Waals surface area contributed by atoms with Gasteiger partial charge in [0.1, 0.15) is 0 Å². The molecule has 0 radical (unpaired) electrons. The Morgan fingerprint density at radius 1 is 1.39 bits per heavy atom. The second-order valence-electron chi connectivity index (χ2n) is 4.06. The highest BCUT2D eigenvalue weighted by Crippen LogP contribution is 2.14. The molecule has 2 rings (SSSR count). The van der Waals surface area contributed by atoms with Crippen molar-refractivity contribution >= 4 is 17.5 Å². The third-order valence-corrected chi connectivity index (χ3v) is 3.09. The van der Waals surface area contributed by atoms with E-state index < -0.39 is 6.10 Å². The standard InChI is InChI=1S/C13H16ClNO3/c14-8-11(10-4-2-1-3-5-10)15-13(16)12-9-17-6-7-18-12/h1-5,11-12H,6-9H2,(H,15,16). The Morgan fingerprint density at radius 2 is 2.17 bits per heavy atom. The summed E-state index contributed by atoms with van der Waals surface area (Å²) in [6.07, 6.45) is -0.534. The van der Waals surface area contributed by atoms with Gasteiger partial charge in [-0.2, -0.15) is 0 Å². The third-order valence-electron chi connectivity index (χ3n) is 2.78. The molecule has 1 aromatic carbocycles. The molecule has 1 aliphatic heterocycles. The number of hydrogen-bond donors (Lipinski definition) is 1. The van der Waals surface area contributed by atoms with Gasteiger partial charge in [-0.05, 0) is 5.56 Å². The van der Waals surface area contributed by atoms with Gasteiger partial charge in [0.15, 0.2) is 6.10 Å². The lowest BCUT2D eigenvalue weighted by Gasteiger charge is -2.24. The van der Waals surface area contributed by atoms with Gasteiger partial charge in [-0.1, -0.05) is 30.3 Å². The molecule has 0 aromatic heterocycles. The number of rotatable bonds is 4. The summed E-state index contributed by atoms with van der Waals surface area (Å²) in [6, 6.07) is 9.43. The summed E-state index contributed by atoms with van der Waals surface area (Å²) in [5.41, 5.74) is 0.984. The Labute approximate surface area is 111 Å². The van der Waals surface area contributed by atoms with Gasteiger partial charge in [0.2, 0.25) is 0 Å². The van der Waals surface area contributed by atoms with Crippen LogP contribution < -0.4 is 5.32 Å². The predicted molar refractivity (Wildman–Crippen MR) is 68.6 cm³/mol. The van der Waals surface area contributed by atoms with Gasteiger partial charge >= 0.3 is 0 Å². The van der Waals surface area contributed by atoms with Gasteiger partial charge in [0, 0.05) is 5.88 Å². The smallest absolute Gasteiger partial charge is 0.252 e. The minimum absolute atomic E-state index is 0.177. The Kier molecular flexibility index (Phi) is 4.99. The zero-order chi connectivity index (χ0) is 12.8. The van der Waals surface area contributed by atoms with E-state index in [2.05, 4.69) is 5.32 Å². The maximum Gasteiger partial charge on any atom is 0.252 e. The Balaban J connectivity index is 1.95. The van der Waals surface area contributed by atoms with Gasteiger partial charge in [-0.3, -0.25) is 4.79 Å². The molecule has 2 unspecified atom stereocenters. The van der Waals surface area contributed by atoms with Crippen LogP contribution in [0.5, 0.6) is 0 Å². The van der Waals surface area contributed by atoms with Crippen molar-refractivity contribution < 1.29 is 14.3 Å². The number of carbonyl (C=O) groups excluding carboxylic acids is 1. The van der Waals surface area contributed by atoms with Crippen LogP contribution >= 0.6 is 11.6 Å². The molecular formula is C13H16ClNO3. The molecular weight excluding hydrogens is 254 g/mol. The number of halogens is 1. The van der Waals surface area contributed by atoms with Crippen LogP contribution in [0.1, 0.15) is 11.6 Å². The van der Waals surface area contributed by atoms with Crippen molar-refractivity contribution in [1.29, 1.82) is 0 Å². The summed E-state index contributed by atoms with van der Waals surface area (Å²) in [5.74, 6) is 0.146. The monoisotopic (exact) mass is 269 g/mol. The third kappa shape index (κ3) is 3.45. The van der Waals surface area contributed by atoms with E-state index in [1.54, 1.807) is 0 Å². The predicted octanol–water partition coefficient (Wildman–Crippen LogP) is 1.50. The highest BCUT2D eigenvalue weighted by atomic mass is 35.5. The lowest BCUT2D eigenvalue weighted by molar-refractivity contribution is -0.148. The van der Waals surface area contributed by atoms with Crippen molar-refractivity contribution in [3.05, 3.63) is 35.9 Å². The molecule has 0 saturated carbocycles. The fourth-order valence-corrected chi connectivity index (χ4v) is 2.06. The first-order valence-corrected chi connectivity index (χ1v) is 6.45. The Morgan fingerprint density at radius 3 is 2.78 bits per heavy atom. The molecule has 98 valence electrons. The second kappa shape index (κ2) is 6.73. The topological polar surface area (TPSA) is 47.6 Å². The van der Waals surface area contributed by atoms with E-state index in [1.165, 1.54) is 0 Å². The minimum Gasteiger partial charge on any atom is -0.376 e. The molecule has 1 fully saturated rings. The molecule has 1 N–H and O–H groups in total. The summed E-state index contributed by atoms with van der Waals surface area (Å²) in [5, 5.41) is 2.88. The highest BCUT2D eigenvalue weighted by Gasteiger charge is 2.25. The molecule has 18 heavy (non-hydrogen) atoms. The van der Waals surface area contributed by atoms with Gasteiger partial charge in [0.25, 0.3) is 5.91 Å². The average molecular weight is 270 g/mol. The van der Waals surface area contributed by atoms with E-state index in [0.717, 1.165) is 5.56 Å². The summed E-state index contributed by atoms with van der Waals surface area (Å²) in [6.45, 7) is 1.30. The van der Waals surface area contributed by atoms with Crippen LogP contribution in [0, 0.1) is 0 Å². The zero-order valence-corrected chi connectivity index (χ0v) is 10.7. The summed E-state index contributed by atoms with van der Waals surface area (Å²) >= 11 is 5.90. The van der Waals surface area contributed by atoms with Crippen LogP contribution in [-0.2, 0) is 14.3 Å². The van der Waals surface area contributed by atoms with E-state index in [4.69, 9.17) is 21.1 Å². The minimum atomic E-state index is -0.534. The fraction of sp³-hybridized carbons (Fsp3) is 0.462. The maximum atomic E-state index is 12.0. The first-order valence-electron chi connectivity index (χ1n) is 5.92. The molecule has 0 spiro atoms. The zero-order valence-electron chi connectivity index (χ0n) is 9.97. The maximum absolute atomic E-state index is 12.0. The van der Waals surface area contributed by atoms with Gasteiger partial charge < -0.3 is 14.8 Å². The van der Waals surface area contributed by atoms with Crippen molar-refractivity contribution in [1.82, 2.24) is 5.32 Å². The number of alkyl halides is 1. The van der Waals surface area contributed by atoms with Gasteiger partial charge in [-0.25, -0.2) is 0 Å². The van der Waals surface area contributed by atoms with Crippen LogP contribution in [0.2, 0.25) is 0 Å². The second-order valence-corrected chi connectivity index (χ2v) is 4.37. The largest absolute Gasteiger partial charge is 0.376 e. The molecule has 2 atom stereocenters. The molecule has 1 amide bonds. The van der Waals surface area contributed by atoms with Crippen molar-refractivity contribution in [3.8, 4) is 0 Å². The van der Waals surface area contributed by atoms with Crippen LogP contribution in [0.3, 0.4) is 0 Å². The summed E-state index contributed by atoms with van der Waals surface area (Å²) in [7, 11) is 0. The normalized spacial score (nSPS) is 21.3. The molecule has 0 bridgehead atoms. The SMILES string of the molecule is O=C(NC(CCl)c1ccccc1)C1COCCO1. The summed E-state index contributed by atoms with van der Waals surface area (Å²) < 4.78 is 10.5. The lowest BCUT2D eigenvalue weighted by atomic mass is 10.1. The number of carbonyl (C=O) groups is 1. The van der Waals surface area contributed by atoms with E-state index in [9.17, 15) is 4.79 Å². The molecule has 5 heteroatoms. The van der Waals surface area contributed by atoms with Crippen LogP contribution in [0.4, 0.5) is 0 Å². The number of nitrogens with one attached hydrogen (secondary N) is 1. The molecule has 0 aliphatic carbocycles. The van der Waals surface area contributed by atoms with Gasteiger partial charge in [-0.15, -0.1) is 11.6 Å². The van der Waals surface area contributed by atoms with Crippen molar-refractivity contribution in [3.63, 3.8) is 0 Å². The molecule has 1 aromatic rings. The summed E-state index contributed by atoms with van der Waals surface area (Å²) in [4.78, 5) is 12.0.